The van der Waals surface area contributed by atoms with Gasteiger partial charge in [-0.05, 0) is 30.3 Å². The van der Waals surface area contributed by atoms with Crippen LogP contribution in [0.1, 0.15) is 16.7 Å². The van der Waals surface area contributed by atoms with E-state index < -0.39 is 11.9 Å². The highest BCUT2D eigenvalue weighted by molar-refractivity contribution is 5.37. The molecule has 0 saturated heterocycles. The molecule has 1 N–H and O–H groups in total. The molecule has 24 heavy (non-hydrogen) atoms. The summed E-state index contributed by atoms with van der Waals surface area (Å²) < 4.78 is 18.7. The van der Waals surface area contributed by atoms with Crippen molar-refractivity contribution in [1.29, 1.82) is 5.26 Å². The number of hydrogen-bond acceptors (Lipinski definition) is 4. The number of likely N-dealkylation sites (N-methyl/N-ethyl adjacent to an activating group) is 1. The maximum atomic E-state index is 13.1. The molecular weight excluding hydrogens is 307 g/mol. The van der Waals surface area contributed by atoms with Gasteiger partial charge in [0.25, 0.3) is 0 Å². The van der Waals surface area contributed by atoms with Crippen LogP contribution in [0.25, 0.3) is 0 Å². The third-order valence-corrected chi connectivity index (χ3v) is 3.58. The number of aliphatic hydroxyl groups excluding tert-OH is 1. The van der Waals surface area contributed by atoms with E-state index in [1.165, 1.54) is 12.1 Å². The van der Waals surface area contributed by atoms with Crippen LogP contribution in [0, 0.1) is 17.1 Å². The molecule has 0 aromatic heterocycles. The first-order chi connectivity index (χ1) is 11.6. The molecule has 4 nitrogen and oxygen atoms in total. The predicted octanol–water partition coefficient (Wildman–Crippen LogP) is 2.71. The van der Waals surface area contributed by atoms with Crippen LogP contribution < -0.4 is 0 Å². The molecule has 2 aromatic carbocycles. The largest absolute Gasteiger partial charge is 0.389 e. The average Bonchev–Trinajstić information content (AvgIpc) is 2.57. The Kier molecular flexibility index (Phi) is 6.89. The lowest BCUT2D eigenvalue weighted by Crippen LogP contribution is -2.32. The molecule has 1 atom stereocenters. The van der Waals surface area contributed by atoms with E-state index in [-0.39, 0.29) is 6.61 Å². The summed E-state index contributed by atoms with van der Waals surface area (Å²) >= 11 is 0. The van der Waals surface area contributed by atoms with Gasteiger partial charge < -0.3 is 9.84 Å². The molecule has 0 bridgehead atoms. The van der Waals surface area contributed by atoms with E-state index in [9.17, 15) is 9.50 Å². The molecule has 0 saturated carbocycles. The number of aliphatic hydroxyl groups is 1. The molecular formula is C19H21FN2O2. The maximum Gasteiger partial charge on any atom is 0.124 e. The summed E-state index contributed by atoms with van der Waals surface area (Å²) in [5, 5.41) is 19.1. The fraction of sp³-hybridized carbons (Fsp3) is 0.316. The van der Waals surface area contributed by atoms with E-state index in [0.29, 0.717) is 25.3 Å². The second-order valence-corrected chi connectivity index (χ2v) is 5.76. The Labute approximate surface area is 141 Å². The third-order valence-electron chi connectivity index (χ3n) is 3.58. The smallest absolute Gasteiger partial charge is 0.124 e. The number of nitrogens with zero attached hydrogens (tertiary/aromatic N) is 2. The molecule has 0 aliphatic carbocycles. The zero-order valence-corrected chi connectivity index (χ0v) is 13.7. The summed E-state index contributed by atoms with van der Waals surface area (Å²) in [6.45, 7) is 1.54. The van der Waals surface area contributed by atoms with Crippen LogP contribution in [0.4, 0.5) is 4.39 Å². The summed E-state index contributed by atoms with van der Waals surface area (Å²) in [5.74, 6) is -0.424. The Balaban J connectivity index is 1.77. The number of ether oxygens (including phenoxy) is 1. The summed E-state index contributed by atoms with van der Waals surface area (Å²) in [6, 6.07) is 15.9. The first-order valence-electron chi connectivity index (χ1n) is 7.75. The van der Waals surface area contributed by atoms with E-state index >= 15 is 0 Å². The lowest BCUT2D eigenvalue weighted by Gasteiger charge is -2.21. The summed E-state index contributed by atoms with van der Waals surface area (Å²) in [6.07, 6.45) is -0.635. The van der Waals surface area contributed by atoms with Crippen molar-refractivity contribution in [2.75, 3.05) is 20.2 Å². The van der Waals surface area contributed by atoms with Crippen molar-refractivity contribution in [3.63, 3.8) is 0 Å². The molecule has 2 aromatic rings. The van der Waals surface area contributed by atoms with Crippen molar-refractivity contribution < 1.29 is 14.2 Å². The molecule has 126 valence electrons. The predicted molar refractivity (Wildman–Crippen MR) is 89.6 cm³/mol. The van der Waals surface area contributed by atoms with Crippen molar-refractivity contribution >= 4 is 0 Å². The SMILES string of the molecule is CN(Cc1ccc(F)cc1C#N)CC(O)COCc1ccccc1. The highest BCUT2D eigenvalue weighted by Gasteiger charge is 2.11. The fourth-order valence-electron chi connectivity index (χ4n) is 2.45. The molecule has 0 aliphatic rings. The first kappa shape index (κ1) is 18.1. The normalized spacial score (nSPS) is 12.1. The molecule has 0 fully saturated rings. The molecule has 1 unspecified atom stereocenters. The van der Waals surface area contributed by atoms with Crippen LogP contribution in [-0.2, 0) is 17.9 Å². The van der Waals surface area contributed by atoms with Gasteiger partial charge in [-0.15, -0.1) is 0 Å². The average molecular weight is 328 g/mol. The van der Waals surface area contributed by atoms with E-state index in [4.69, 9.17) is 10.00 Å². The molecule has 5 heteroatoms. The number of hydrogen-bond donors (Lipinski definition) is 1. The Morgan fingerprint density at radius 2 is 2.00 bits per heavy atom. The van der Waals surface area contributed by atoms with Gasteiger partial charge in [0, 0.05) is 13.1 Å². The second kappa shape index (κ2) is 9.14. The van der Waals surface area contributed by atoms with Crippen LogP contribution in [0.2, 0.25) is 0 Å². The van der Waals surface area contributed by atoms with Gasteiger partial charge in [-0.1, -0.05) is 36.4 Å². The Morgan fingerprint density at radius 3 is 2.71 bits per heavy atom. The van der Waals surface area contributed by atoms with Crippen LogP contribution in [0.5, 0.6) is 0 Å². The topological polar surface area (TPSA) is 56.5 Å². The van der Waals surface area contributed by atoms with Gasteiger partial charge in [0.05, 0.1) is 31.0 Å². The number of rotatable bonds is 8. The quantitative estimate of drug-likeness (QED) is 0.809. The zero-order valence-electron chi connectivity index (χ0n) is 13.7. The van der Waals surface area contributed by atoms with E-state index in [2.05, 4.69) is 0 Å². The van der Waals surface area contributed by atoms with Crippen LogP contribution >= 0.6 is 0 Å². The summed E-state index contributed by atoms with van der Waals surface area (Å²) in [7, 11) is 1.84. The minimum Gasteiger partial charge on any atom is -0.389 e. The monoisotopic (exact) mass is 328 g/mol. The van der Waals surface area contributed by atoms with Crippen LogP contribution in [-0.4, -0.2) is 36.3 Å². The van der Waals surface area contributed by atoms with Crippen LogP contribution in [0.3, 0.4) is 0 Å². The number of halogens is 1. The standard InChI is InChI=1S/C19H21FN2O2/c1-22(11-16-7-8-18(20)9-17(16)10-21)12-19(23)14-24-13-15-5-3-2-4-6-15/h2-9,19,23H,11-14H2,1H3. The van der Waals surface area contributed by atoms with Crippen molar-refractivity contribution in [2.24, 2.45) is 0 Å². The molecule has 0 heterocycles. The van der Waals surface area contributed by atoms with E-state index in [1.807, 2.05) is 48.3 Å². The molecule has 0 spiro atoms. The van der Waals surface area contributed by atoms with Gasteiger partial charge in [-0.25, -0.2) is 4.39 Å². The molecule has 0 amide bonds. The highest BCUT2D eigenvalue weighted by Crippen LogP contribution is 2.12. The second-order valence-electron chi connectivity index (χ2n) is 5.76. The van der Waals surface area contributed by atoms with Gasteiger partial charge in [0.15, 0.2) is 0 Å². The van der Waals surface area contributed by atoms with Gasteiger partial charge in [0.2, 0.25) is 0 Å². The lowest BCUT2D eigenvalue weighted by molar-refractivity contribution is 0.0127. The molecule has 0 aliphatic heterocycles. The number of nitriles is 1. The summed E-state index contributed by atoms with van der Waals surface area (Å²) in [4.78, 5) is 1.88. The molecule has 2 rings (SSSR count). The van der Waals surface area contributed by atoms with E-state index in [0.717, 1.165) is 11.1 Å². The first-order valence-corrected chi connectivity index (χ1v) is 7.75. The van der Waals surface area contributed by atoms with E-state index in [1.54, 1.807) is 6.07 Å². The zero-order chi connectivity index (χ0) is 17.4. The van der Waals surface area contributed by atoms with Gasteiger partial charge in [-0.2, -0.15) is 5.26 Å². The van der Waals surface area contributed by atoms with Gasteiger partial charge >= 0.3 is 0 Å². The van der Waals surface area contributed by atoms with Gasteiger partial charge in [0.1, 0.15) is 5.82 Å². The van der Waals surface area contributed by atoms with Crippen molar-refractivity contribution in [1.82, 2.24) is 4.90 Å². The third kappa shape index (κ3) is 5.74. The minimum absolute atomic E-state index is 0.230. The lowest BCUT2D eigenvalue weighted by atomic mass is 10.1. The fourth-order valence-corrected chi connectivity index (χ4v) is 2.45. The highest BCUT2D eigenvalue weighted by atomic mass is 19.1. The Morgan fingerprint density at radius 1 is 1.25 bits per heavy atom. The minimum atomic E-state index is -0.635. The van der Waals surface area contributed by atoms with Crippen molar-refractivity contribution in [3.8, 4) is 6.07 Å². The summed E-state index contributed by atoms with van der Waals surface area (Å²) in [5.41, 5.74) is 2.11. The Bertz CT molecular complexity index is 686. The van der Waals surface area contributed by atoms with Crippen molar-refractivity contribution in [3.05, 3.63) is 71.0 Å². The Hall–Kier alpha value is -2.26. The van der Waals surface area contributed by atoms with Crippen molar-refractivity contribution in [2.45, 2.75) is 19.3 Å². The number of benzene rings is 2. The van der Waals surface area contributed by atoms with Crippen LogP contribution in [0.15, 0.2) is 48.5 Å². The van der Waals surface area contributed by atoms with Gasteiger partial charge in [-0.3, -0.25) is 4.90 Å². The molecule has 0 radical (unpaired) electrons. The maximum absolute atomic E-state index is 13.1.